The number of nitrogens with zero attached hydrogens (tertiary/aromatic N) is 2. The summed E-state index contributed by atoms with van der Waals surface area (Å²) in [6.45, 7) is 7.44. The van der Waals surface area contributed by atoms with Crippen LogP contribution < -0.4 is 5.73 Å². The Kier molecular flexibility index (Phi) is 3.34. The second-order valence-corrected chi connectivity index (χ2v) is 3.97. The van der Waals surface area contributed by atoms with Crippen LogP contribution >= 0.6 is 0 Å². The molecule has 0 aliphatic heterocycles. The third-order valence-electron chi connectivity index (χ3n) is 2.11. The first kappa shape index (κ1) is 10.1. The zero-order chi connectivity index (χ0) is 9.84. The number of hydrogen-bond acceptors (Lipinski definition) is 2. The molecule has 1 aromatic rings. The van der Waals surface area contributed by atoms with Crippen LogP contribution in [-0.4, -0.2) is 9.55 Å². The highest BCUT2D eigenvalue weighted by Crippen LogP contribution is 2.09. The average Bonchev–Trinajstić information content (AvgIpc) is 2.29. The van der Waals surface area contributed by atoms with Crippen LogP contribution in [0.3, 0.4) is 0 Å². The maximum atomic E-state index is 5.71. The lowest BCUT2D eigenvalue weighted by Gasteiger charge is -2.06. The molecule has 0 aromatic carbocycles. The summed E-state index contributed by atoms with van der Waals surface area (Å²) in [5, 5.41) is 0. The average molecular weight is 181 g/mol. The van der Waals surface area contributed by atoms with Crippen molar-refractivity contribution in [2.75, 3.05) is 5.73 Å². The highest BCUT2D eigenvalue weighted by atomic mass is 15.1. The van der Waals surface area contributed by atoms with Gasteiger partial charge in [0.25, 0.3) is 0 Å². The summed E-state index contributed by atoms with van der Waals surface area (Å²) in [4.78, 5) is 4.15. The van der Waals surface area contributed by atoms with Crippen LogP contribution in [0.2, 0.25) is 0 Å². The van der Waals surface area contributed by atoms with E-state index in [0.29, 0.717) is 5.95 Å². The normalized spacial score (nSPS) is 11.1. The second-order valence-electron chi connectivity index (χ2n) is 3.97. The Morgan fingerprint density at radius 1 is 1.54 bits per heavy atom. The number of aromatic nitrogens is 2. The van der Waals surface area contributed by atoms with Crippen LogP contribution in [0.4, 0.5) is 5.95 Å². The van der Waals surface area contributed by atoms with Crippen molar-refractivity contribution in [1.29, 1.82) is 0 Å². The summed E-state index contributed by atoms with van der Waals surface area (Å²) in [6, 6.07) is 0. The Morgan fingerprint density at radius 3 is 2.69 bits per heavy atom. The van der Waals surface area contributed by atoms with Crippen molar-refractivity contribution in [3.05, 3.63) is 11.9 Å². The first-order valence-corrected chi connectivity index (χ1v) is 4.89. The van der Waals surface area contributed by atoms with Crippen LogP contribution in [0.1, 0.15) is 32.4 Å². The molecular weight excluding hydrogens is 162 g/mol. The minimum absolute atomic E-state index is 0.640. The fourth-order valence-corrected chi connectivity index (χ4v) is 1.41. The van der Waals surface area contributed by atoms with E-state index < -0.39 is 0 Å². The van der Waals surface area contributed by atoms with Crippen molar-refractivity contribution in [3.63, 3.8) is 0 Å². The van der Waals surface area contributed by atoms with E-state index in [9.17, 15) is 0 Å². The molecule has 0 radical (unpaired) electrons. The van der Waals surface area contributed by atoms with Gasteiger partial charge < -0.3 is 10.3 Å². The number of rotatable bonds is 4. The Bertz CT molecular complexity index is 263. The number of nitrogen functional groups attached to an aromatic ring is 1. The van der Waals surface area contributed by atoms with Gasteiger partial charge in [-0.2, -0.15) is 0 Å². The third-order valence-corrected chi connectivity index (χ3v) is 2.11. The summed E-state index contributed by atoms with van der Waals surface area (Å²) in [5.41, 5.74) is 6.71. The Labute approximate surface area is 80.0 Å². The zero-order valence-corrected chi connectivity index (χ0v) is 8.75. The summed E-state index contributed by atoms with van der Waals surface area (Å²) < 4.78 is 2.03. The van der Waals surface area contributed by atoms with E-state index in [1.165, 1.54) is 12.8 Å². The van der Waals surface area contributed by atoms with Crippen LogP contribution in [0.15, 0.2) is 6.20 Å². The maximum absolute atomic E-state index is 5.71. The van der Waals surface area contributed by atoms with Gasteiger partial charge in [-0.25, -0.2) is 4.98 Å². The summed E-state index contributed by atoms with van der Waals surface area (Å²) in [7, 11) is 0. The monoisotopic (exact) mass is 181 g/mol. The summed E-state index contributed by atoms with van der Waals surface area (Å²) in [6.07, 6.45) is 4.43. The second kappa shape index (κ2) is 4.30. The quantitative estimate of drug-likeness (QED) is 0.774. The molecule has 1 aromatic heterocycles. The predicted molar refractivity (Wildman–Crippen MR) is 55.4 cm³/mol. The molecule has 0 fully saturated rings. The molecule has 1 rings (SSSR count). The van der Waals surface area contributed by atoms with E-state index in [1.54, 1.807) is 0 Å². The molecule has 3 nitrogen and oxygen atoms in total. The van der Waals surface area contributed by atoms with E-state index in [1.807, 2.05) is 17.7 Å². The molecule has 0 unspecified atom stereocenters. The minimum Gasteiger partial charge on any atom is -0.369 e. The van der Waals surface area contributed by atoms with Gasteiger partial charge >= 0.3 is 0 Å². The zero-order valence-electron chi connectivity index (χ0n) is 8.75. The molecule has 0 amide bonds. The van der Waals surface area contributed by atoms with Crippen molar-refractivity contribution < 1.29 is 0 Å². The smallest absolute Gasteiger partial charge is 0.200 e. The van der Waals surface area contributed by atoms with Crippen molar-refractivity contribution in [1.82, 2.24) is 9.55 Å². The molecule has 0 aliphatic carbocycles. The molecule has 0 spiro atoms. The van der Waals surface area contributed by atoms with Gasteiger partial charge in [0.05, 0.1) is 5.69 Å². The van der Waals surface area contributed by atoms with E-state index in [0.717, 1.165) is 18.2 Å². The van der Waals surface area contributed by atoms with Crippen LogP contribution in [0.25, 0.3) is 0 Å². The number of aryl methyl sites for hydroxylation is 2. The molecule has 2 N–H and O–H groups in total. The van der Waals surface area contributed by atoms with E-state index in [2.05, 4.69) is 18.8 Å². The van der Waals surface area contributed by atoms with E-state index in [-0.39, 0.29) is 0 Å². The largest absolute Gasteiger partial charge is 0.369 e. The molecule has 0 bridgehead atoms. The Hall–Kier alpha value is -0.990. The van der Waals surface area contributed by atoms with Gasteiger partial charge in [0.2, 0.25) is 0 Å². The van der Waals surface area contributed by atoms with Gasteiger partial charge in [-0.3, -0.25) is 0 Å². The number of hydrogen-bond donors (Lipinski definition) is 1. The van der Waals surface area contributed by atoms with Gasteiger partial charge in [-0.15, -0.1) is 0 Å². The lowest BCUT2D eigenvalue weighted by molar-refractivity contribution is 0.514. The third kappa shape index (κ3) is 3.09. The molecule has 0 atom stereocenters. The molecule has 74 valence electrons. The standard InChI is InChI=1S/C10H19N3/c1-8(2)5-4-6-13-7-9(3)12-10(13)11/h7-8H,4-6H2,1-3H3,(H2,11,12). The topological polar surface area (TPSA) is 43.8 Å². The van der Waals surface area contributed by atoms with E-state index >= 15 is 0 Å². The first-order valence-electron chi connectivity index (χ1n) is 4.89. The molecular formula is C10H19N3. The Balaban J connectivity index is 2.40. The van der Waals surface area contributed by atoms with Crippen molar-refractivity contribution in [2.24, 2.45) is 5.92 Å². The maximum Gasteiger partial charge on any atom is 0.200 e. The molecule has 0 saturated carbocycles. The van der Waals surface area contributed by atoms with Crippen molar-refractivity contribution in [3.8, 4) is 0 Å². The molecule has 0 aliphatic rings. The molecule has 1 heterocycles. The summed E-state index contributed by atoms with van der Waals surface area (Å²) >= 11 is 0. The van der Waals surface area contributed by atoms with Crippen LogP contribution in [-0.2, 0) is 6.54 Å². The Morgan fingerprint density at radius 2 is 2.23 bits per heavy atom. The minimum atomic E-state index is 0.640. The van der Waals surface area contributed by atoms with Crippen LogP contribution in [0, 0.1) is 12.8 Å². The summed E-state index contributed by atoms with van der Waals surface area (Å²) in [5.74, 6) is 1.41. The SMILES string of the molecule is Cc1cn(CCCC(C)C)c(N)n1. The van der Waals surface area contributed by atoms with Crippen molar-refractivity contribution in [2.45, 2.75) is 40.2 Å². The fraction of sp³-hybridized carbons (Fsp3) is 0.700. The fourth-order valence-electron chi connectivity index (χ4n) is 1.41. The lowest BCUT2D eigenvalue weighted by Crippen LogP contribution is -2.03. The van der Waals surface area contributed by atoms with Gasteiger partial charge in [-0.1, -0.05) is 13.8 Å². The lowest BCUT2D eigenvalue weighted by atomic mass is 10.1. The van der Waals surface area contributed by atoms with E-state index in [4.69, 9.17) is 5.73 Å². The number of anilines is 1. The first-order chi connectivity index (χ1) is 6.09. The number of imidazole rings is 1. The van der Waals surface area contributed by atoms with Gasteiger partial charge in [0.1, 0.15) is 0 Å². The molecule has 13 heavy (non-hydrogen) atoms. The number of nitrogens with two attached hydrogens (primary N) is 1. The highest BCUT2D eigenvalue weighted by Gasteiger charge is 2.01. The van der Waals surface area contributed by atoms with Crippen LogP contribution in [0.5, 0.6) is 0 Å². The molecule has 0 saturated heterocycles. The van der Waals surface area contributed by atoms with Gasteiger partial charge in [-0.05, 0) is 25.7 Å². The van der Waals surface area contributed by atoms with Gasteiger partial charge in [0, 0.05) is 12.7 Å². The highest BCUT2D eigenvalue weighted by molar-refractivity contribution is 5.20. The molecule has 3 heteroatoms. The van der Waals surface area contributed by atoms with Gasteiger partial charge in [0.15, 0.2) is 5.95 Å². The van der Waals surface area contributed by atoms with Crippen molar-refractivity contribution >= 4 is 5.95 Å². The predicted octanol–water partition coefficient (Wildman–Crippen LogP) is 2.21.